The maximum Gasteiger partial charge on any atom is 0.274 e. The van der Waals surface area contributed by atoms with Gasteiger partial charge in [0.15, 0.2) is 0 Å². The molecule has 0 aromatic heterocycles. The van der Waals surface area contributed by atoms with Crippen molar-refractivity contribution in [2.75, 3.05) is 20.3 Å². The Bertz CT molecular complexity index is 671. The number of nitro groups is 1. The van der Waals surface area contributed by atoms with Gasteiger partial charge in [0.05, 0.1) is 16.4 Å². The second kappa shape index (κ2) is 6.61. The minimum Gasteiger partial charge on any atom is -0.383 e. The van der Waals surface area contributed by atoms with Gasteiger partial charge in [-0.25, -0.2) is 13.6 Å². The molecule has 1 aromatic carbocycles. The highest BCUT2D eigenvalue weighted by atomic mass is 32.2. The van der Waals surface area contributed by atoms with Crippen LogP contribution in [0.3, 0.4) is 0 Å². The number of sulfonamides is 1. The molecule has 116 valence electrons. The van der Waals surface area contributed by atoms with Gasteiger partial charge in [0.2, 0.25) is 10.0 Å². The van der Waals surface area contributed by atoms with E-state index >= 15 is 0 Å². The summed E-state index contributed by atoms with van der Waals surface area (Å²) in [5.74, 6) is -0.653. The molecular weight excluding hydrogens is 302 g/mol. The lowest BCUT2D eigenvalue weighted by Gasteiger charge is -2.09. The molecule has 0 saturated heterocycles. The molecule has 0 heterocycles. The summed E-state index contributed by atoms with van der Waals surface area (Å²) < 4.78 is 27.7. The number of primary sulfonamides is 1. The van der Waals surface area contributed by atoms with Crippen molar-refractivity contribution < 1.29 is 22.9 Å². The minimum absolute atomic E-state index is 0.115. The zero-order valence-electron chi connectivity index (χ0n) is 11.5. The van der Waals surface area contributed by atoms with Crippen LogP contribution in [0.25, 0.3) is 0 Å². The zero-order valence-corrected chi connectivity index (χ0v) is 12.3. The Kier molecular flexibility index (Phi) is 5.35. The maximum atomic E-state index is 11.9. The fraction of sp³-hybridized carbons (Fsp3) is 0.364. The van der Waals surface area contributed by atoms with E-state index in [1.807, 2.05) is 0 Å². The summed E-state index contributed by atoms with van der Waals surface area (Å²) in [5.41, 5.74) is -0.762. The molecule has 0 aliphatic rings. The molecule has 21 heavy (non-hydrogen) atoms. The third-order valence-electron chi connectivity index (χ3n) is 2.69. The fourth-order valence-electron chi connectivity index (χ4n) is 1.66. The molecule has 0 radical (unpaired) electrons. The van der Waals surface area contributed by atoms with Gasteiger partial charge in [-0.1, -0.05) is 0 Å². The lowest BCUT2D eigenvalue weighted by Crippen LogP contribution is -2.27. The SMILES string of the molecule is COCCNC(=O)c1cc([N+](=O)[O-])c(C)c(S(N)(=O)=O)c1. The van der Waals surface area contributed by atoms with Gasteiger partial charge >= 0.3 is 0 Å². The Balaban J connectivity index is 3.31. The van der Waals surface area contributed by atoms with E-state index in [0.29, 0.717) is 0 Å². The lowest BCUT2D eigenvalue weighted by molar-refractivity contribution is -0.385. The van der Waals surface area contributed by atoms with E-state index < -0.39 is 31.4 Å². The molecular formula is C11H15N3O6S. The Morgan fingerprint density at radius 2 is 2.10 bits per heavy atom. The summed E-state index contributed by atoms with van der Waals surface area (Å²) in [6.45, 7) is 1.69. The number of amides is 1. The van der Waals surface area contributed by atoms with Gasteiger partial charge in [-0.15, -0.1) is 0 Å². The van der Waals surface area contributed by atoms with Crippen LogP contribution in [-0.4, -0.2) is 39.5 Å². The van der Waals surface area contributed by atoms with Crippen molar-refractivity contribution >= 4 is 21.6 Å². The summed E-state index contributed by atoms with van der Waals surface area (Å²) in [7, 11) is -2.73. The highest BCUT2D eigenvalue weighted by Gasteiger charge is 2.24. The number of nitrogens with two attached hydrogens (primary N) is 1. The van der Waals surface area contributed by atoms with Crippen molar-refractivity contribution in [3.63, 3.8) is 0 Å². The molecule has 0 bridgehead atoms. The van der Waals surface area contributed by atoms with Crippen LogP contribution in [0.1, 0.15) is 15.9 Å². The Hall–Kier alpha value is -2.04. The van der Waals surface area contributed by atoms with E-state index in [2.05, 4.69) is 5.32 Å². The van der Waals surface area contributed by atoms with E-state index in [1.165, 1.54) is 14.0 Å². The molecule has 0 atom stereocenters. The molecule has 0 unspecified atom stereocenters. The number of benzene rings is 1. The molecule has 1 aromatic rings. The Labute approximate surface area is 121 Å². The molecule has 0 aliphatic carbocycles. The first-order valence-corrected chi connectivity index (χ1v) is 7.32. The number of methoxy groups -OCH3 is 1. The number of nitrogens with one attached hydrogen (secondary N) is 1. The van der Waals surface area contributed by atoms with Crippen LogP contribution in [0.4, 0.5) is 5.69 Å². The first kappa shape index (κ1) is 17.0. The second-order valence-corrected chi connectivity index (χ2v) is 5.70. The van der Waals surface area contributed by atoms with E-state index in [1.54, 1.807) is 0 Å². The summed E-state index contributed by atoms with van der Waals surface area (Å²) in [5, 5.41) is 18.4. The van der Waals surface area contributed by atoms with E-state index in [9.17, 15) is 23.3 Å². The van der Waals surface area contributed by atoms with Gasteiger partial charge < -0.3 is 10.1 Å². The number of nitro benzene ring substituents is 1. The van der Waals surface area contributed by atoms with Gasteiger partial charge in [0.1, 0.15) is 0 Å². The molecule has 0 fully saturated rings. The third-order valence-corrected chi connectivity index (χ3v) is 3.73. The number of carbonyl (C=O) groups is 1. The van der Waals surface area contributed by atoms with Crippen LogP contribution in [0.15, 0.2) is 17.0 Å². The van der Waals surface area contributed by atoms with Crippen molar-refractivity contribution in [3.05, 3.63) is 33.4 Å². The van der Waals surface area contributed by atoms with Gasteiger partial charge in [0.25, 0.3) is 11.6 Å². The highest BCUT2D eigenvalue weighted by Crippen LogP contribution is 2.26. The van der Waals surface area contributed by atoms with Crippen LogP contribution >= 0.6 is 0 Å². The van der Waals surface area contributed by atoms with Crippen molar-refractivity contribution in [3.8, 4) is 0 Å². The minimum atomic E-state index is -4.18. The highest BCUT2D eigenvalue weighted by molar-refractivity contribution is 7.89. The maximum absolute atomic E-state index is 11.9. The number of hydrogen-bond acceptors (Lipinski definition) is 6. The number of nitrogens with zero attached hydrogens (tertiary/aromatic N) is 1. The molecule has 1 amide bonds. The van der Waals surface area contributed by atoms with Gasteiger partial charge in [-0.05, 0) is 13.0 Å². The molecule has 3 N–H and O–H groups in total. The summed E-state index contributed by atoms with van der Waals surface area (Å²) in [4.78, 5) is 21.6. The van der Waals surface area contributed by atoms with Gasteiger partial charge in [-0.2, -0.15) is 0 Å². The lowest BCUT2D eigenvalue weighted by atomic mass is 10.1. The number of ether oxygens (including phenoxy) is 1. The summed E-state index contributed by atoms with van der Waals surface area (Å²) >= 11 is 0. The van der Waals surface area contributed by atoms with Crippen molar-refractivity contribution in [1.82, 2.24) is 5.32 Å². The van der Waals surface area contributed by atoms with Crippen LogP contribution in [-0.2, 0) is 14.8 Å². The van der Waals surface area contributed by atoms with Crippen LogP contribution < -0.4 is 10.5 Å². The molecule has 9 nitrogen and oxygen atoms in total. The van der Waals surface area contributed by atoms with Crippen molar-refractivity contribution in [2.24, 2.45) is 5.14 Å². The molecule has 0 spiro atoms. The number of carbonyl (C=O) groups excluding carboxylic acids is 1. The third kappa shape index (κ3) is 4.21. The largest absolute Gasteiger partial charge is 0.383 e. The van der Waals surface area contributed by atoms with E-state index in [-0.39, 0.29) is 24.3 Å². The molecule has 0 aliphatic heterocycles. The molecule has 0 saturated carbocycles. The quantitative estimate of drug-likeness (QED) is 0.427. The number of hydrogen-bond donors (Lipinski definition) is 2. The van der Waals surface area contributed by atoms with Crippen molar-refractivity contribution in [1.29, 1.82) is 0 Å². The monoisotopic (exact) mass is 317 g/mol. The van der Waals surface area contributed by atoms with Crippen molar-refractivity contribution in [2.45, 2.75) is 11.8 Å². The summed E-state index contributed by atoms with van der Waals surface area (Å²) in [6, 6.07) is 2.02. The normalized spacial score (nSPS) is 11.2. The topological polar surface area (TPSA) is 142 Å². The standard InChI is InChI=1S/C11H15N3O6S/c1-7-9(14(16)17)5-8(6-10(7)21(12,18)19)11(15)13-3-4-20-2/h5-6H,3-4H2,1-2H3,(H,13,15)(H2,12,18,19). The van der Waals surface area contributed by atoms with E-state index in [4.69, 9.17) is 9.88 Å². The average molecular weight is 317 g/mol. The Morgan fingerprint density at radius 1 is 1.48 bits per heavy atom. The Morgan fingerprint density at radius 3 is 2.57 bits per heavy atom. The first-order valence-electron chi connectivity index (χ1n) is 5.77. The van der Waals surface area contributed by atoms with Crippen LogP contribution in [0.2, 0.25) is 0 Å². The van der Waals surface area contributed by atoms with Gasteiger partial charge in [-0.3, -0.25) is 14.9 Å². The van der Waals surface area contributed by atoms with Gasteiger partial charge in [0, 0.05) is 30.8 Å². The molecule has 1 rings (SSSR count). The fourth-order valence-corrected chi connectivity index (χ4v) is 2.48. The first-order chi connectivity index (χ1) is 9.68. The number of rotatable bonds is 6. The predicted molar refractivity (Wildman–Crippen MR) is 73.4 cm³/mol. The second-order valence-electron chi connectivity index (χ2n) is 4.17. The summed E-state index contributed by atoms with van der Waals surface area (Å²) in [6.07, 6.45) is 0. The van der Waals surface area contributed by atoms with Crippen LogP contribution in [0.5, 0.6) is 0 Å². The molecule has 10 heteroatoms. The predicted octanol–water partition coefficient (Wildman–Crippen LogP) is -0.0732. The van der Waals surface area contributed by atoms with E-state index in [0.717, 1.165) is 12.1 Å². The van der Waals surface area contributed by atoms with Crippen LogP contribution in [0, 0.1) is 17.0 Å². The zero-order chi connectivity index (χ0) is 16.2. The smallest absolute Gasteiger partial charge is 0.274 e. The average Bonchev–Trinajstić information content (AvgIpc) is 2.37.